The van der Waals surface area contributed by atoms with Gasteiger partial charge in [-0.15, -0.1) is 0 Å². The minimum Gasteiger partial charge on any atom is -0.443 e. The van der Waals surface area contributed by atoms with Crippen LogP contribution in [0.25, 0.3) is 0 Å². The Kier molecular flexibility index (Phi) is 6.67. The predicted octanol–water partition coefficient (Wildman–Crippen LogP) is 2.28. The molecule has 0 aromatic carbocycles. The Labute approximate surface area is 156 Å². The summed E-state index contributed by atoms with van der Waals surface area (Å²) in [5.74, 6) is 2.45. The molecule has 2 heterocycles. The third-order valence-electron chi connectivity index (χ3n) is 4.34. The summed E-state index contributed by atoms with van der Waals surface area (Å²) >= 11 is 0. The summed E-state index contributed by atoms with van der Waals surface area (Å²) in [5.41, 5.74) is -0.0615. The van der Waals surface area contributed by atoms with Gasteiger partial charge in [0.05, 0.1) is 6.20 Å². The molecule has 0 saturated carbocycles. The van der Waals surface area contributed by atoms with Crippen molar-refractivity contribution in [1.82, 2.24) is 20.5 Å². The van der Waals surface area contributed by atoms with Crippen LogP contribution in [-0.4, -0.2) is 47.4 Å². The van der Waals surface area contributed by atoms with Crippen LogP contribution in [0.4, 0.5) is 0 Å². The first kappa shape index (κ1) is 20.3. The molecule has 1 unspecified atom stereocenters. The van der Waals surface area contributed by atoms with Crippen LogP contribution in [0.1, 0.15) is 59.6 Å². The van der Waals surface area contributed by atoms with Crippen molar-refractivity contribution in [1.29, 1.82) is 0 Å². The van der Waals surface area contributed by atoms with E-state index in [2.05, 4.69) is 41.4 Å². The van der Waals surface area contributed by atoms with Gasteiger partial charge in [0, 0.05) is 37.0 Å². The summed E-state index contributed by atoms with van der Waals surface area (Å²) in [6.07, 6.45) is 2.70. The molecule has 7 nitrogen and oxygen atoms in total. The number of aromatic nitrogens is 1. The van der Waals surface area contributed by atoms with Gasteiger partial charge in [0.1, 0.15) is 12.3 Å². The fourth-order valence-corrected chi connectivity index (χ4v) is 2.83. The van der Waals surface area contributed by atoms with Gasteiger partial charge < -0.3 is 20.0 Å². The first-order valence-electron chi connectivity index (χ1n) is 9.49. The molecule has 146 valence electrons. The summed E-state index contributed by atoms with van der Waals surface area (Å²) in [7, 11) is 0. The van der Waals surface area contributed by atoms with Crippen molar-refractivity contribution in [3.63, 3.8) is 0 Å². The lowest BCUT2D eigenvalue weighted by Crippen LogP contribution is -2.45. The minimum atomic E-state index is -0.0615. The molecule has 26 heavy (non-hydrogen) atoms. The second kappa shape index (κ2) is 8.56. The number of oxazole rings is 1. The zero-order chi connectivity index (χ0) is 19.3. The highest BCUT2D eigenvalue weighted by Crippen LogP contribution is 2.22. The molecule has 0 bridgehead atoms. The maximum absolute atomic E-state index is 12.1. The number of nitrogens with one attached hydrogen (secondary N) is 2. The first-order valence-corrected chi connectivity index (χ1v) is 9.49. The lowest BCUT2D eigenvalue weighted by molar-refractivity contribution is -0.133. The third-order valence-corrected chi connectivity index (χ3v) is 4.34. The number of aliphatic imine (C=N–C) groups is 1. The third kappa shape index (κ3) is 5.47. The van der Waals surface area contributed by atoms with Crippen LogP contribution in [0.2, 0.25) is 0 Å². The molecular weight excluding hydrogens is 330 g/mol. The van der Waals surface area contributed by atoms with Crippen LogP contribution < -0.4 is 10.6 Å². The van der Waals surface area contributed by atoms with Crippen molar-refractivity contribution in [3.8, 4) is 0 Å². The number of likely N-dealkylation sites (tertiary alicyclic amines) is 1. The van der Waals surface area contributed by atoms with Gasteiger partial charge in [0.25, 0.3) is 0 Å². The van der Waals surface area contributed by atoms with Crippen molar-refractivity contribution in [3.05, 3.63) is 17.8 Å². The van der Waals surface area contributed by atoms with Crippen molar-refractivity contribution >= 4 is 11.9 Å². The molecule has 0 spiro atoms. The Bertz CT molecular complexity index is 630. The number of hydrogen-bond acceptors (Lipinski definition) is 4. The van der Waals surface area contributed by atoms with E-state index in [1.165, 1.54) is 0 Å². The zero-order valence-electron chi connectivity index (χ0n) is 16.9. The molecule has 1 saturated heterocycles. The van der Waals surface area contributed by atoms with E-state index in [1.54, 1.807) is 6.20 Å². The van der Waals surface area contributed by atoms with Gasteiger partial charge >= 0.3 is 0 Å². The molecule has 7 heteroatoms. The van der Waals surface area contributed by atoms with Crippen molar-refractivity contribution in [2.75, 3.05) is 19.6 Å². The Morgan fingerprint density at radius 1 is 1.46 bits per heavy atom. The van der Waals surface area contributed by atoms with Crippen LogP contribution in [0.15, 0.2) is 15.6 Å². The Hall–Kier alpha value is -2.05. The maximum Gasteiger partial charge on any atom is 0.225 e. The molecule has 1 aliphatic rings. The van der Waals surface area contributed by atoms with E-state index < -0.39 is 0 Å². The van der Waals surface area contributed by atoms with Crippen LogP contribution >= 0.6 is 0 Å². The second-order valence-electron chi connectivity index (χ2n) is 8.13. The second-order valence-corrected chi connectivity index (χ2v) is 8.13. The normalized spacial score (nSPS) is 18.5. The molecule has 1 aromatic rings. The number of nitrogens with zero attached hydrogens (tertiary/aromatic N) is 3. The highest BCUT2D eigenvalue weighted by Gasteiger charge is 2.28. The van der Waals surface area contributed by atoms with Crippen molar-refractivity contribution < 1.29 is 9.21 Å². The highest BCUT2D eigenvalue weighted by atomic mass is 16.4. The largest absolute Gasteiger partial charge is 0.443 e. The van der Waals surface area contributed by atoms with Crippen LogP contribution in [0, 0.1) is 5.92 Å². The predicted molar refractivity (Wildman–Crippen MR) is 103 cm³/mol. The SMILES string of the molecule is CCNC(=NCc1ncc(C(C)(C)C)o1)NC1CCN(C(=O)C(C)C)C1. The molecule has 1 aromatic heterocycles. The average Bonchev–Trinajstić information content (AvgIpc) is 3.21. The summed E-state index contributed by atoms with van der Waals surface area (Å²) < 4.78 is 5.79. The molecule has 1 fully saturated rings. The topological polar surface area (TPSA) is 82.8 Å². The van der Waals surface area contributed by atoms with Gasteiger partial charge in [-0.05, 0) is 13.3 Å². The van der Waals surface area contributed by atoms with Gasteiger partial charge in [-0.1, -0.05) is 34.6 Å². The maximum atomic E-state index is 12.1. The van der Waals surface area contributed by atoms with Crippen molar-refractivity contribution in [2.45, 2.75) is 66.0 Å². The minimum absolute atomic E-state index is 0.0395. The van der Waals surface area contributed by atoms with Gasteiger partial charge in [0.2, 0.25) is 11.8 Å². The summed E-state index contributed by atoms with van der Waals surface area (Å²) in [5, 5.41) is 6.67. The van der Waals surface area contributed by atoms with Gasteiger partial charge in [-0.25, -0.2) is 9.98 Å². The fraction of sp³-hybridized carbons (Fsp3) is 0.737. The molecule has 1 atom stereocenters. The van der Waals surface area contributed by atoms with E-state index in [-0.39, 0.29) is 23.3 Å². The quantitative estimate of drug-likeness (QED) is 0.619. The average molecular weight is 364 g/mol. The van der Waals surface area contributed by atoms with E-state index in [9.17, 15) is 4.79 Å². The van der Waals surface area contributed by atoms with E-state index in [4.69, 9.17) is 4.42 Å². The number of carbonyl (C=O) groups is 1. The summed E-state index contributed by atoms with van der Waals surface area (Å²) in [6, 6.07) is 0.213. The standard InChI is InChI=1S/C19H33N5O2/c1-7-20-18(22-11-16-21-10-15(26-16)19(4,5)6)23-14-8-9-24(12-14)17(25)13(2)3/h10,13-14H,7-9,11-12H2,1-6H3,(H2,20,22,23). The molecule has 0 aliphatic carbocycles. The number of hydrogen-bond donors (Lipinski definition) is 2. The molecule has 0 radical (unpaired) electrons. The zero-order valence-corrected chi connectivity index (χ0v) is 16.9. The van der Waals surface area contributed by atoms with Crippen molar-refractivity contribution in [2.24, 2.45) is 10.9 Å². The summed E-state index contributed by atoms with van der Waals surface area (Å²) in [6.45, 7) is 14.9. The number of amides is 1. The molecule has 2 N–H and O–H groups in total. The van der Waals surface area contributed by atoms with Gasteiger partial charge in [-0.3, -0.25) is 4.79 Å². The first-order chi connectivity index (χ1) is 12.2. The van der Waals surface area contributed by atoms with Crippen LogP contribution in [0.3, 0.4) is 0 Å². The lowest BCUT2D eigenvalue weighted by atomic mass is 9.94. The number of carbonyl (C=O) groups excluding carboxylic acids is 1. The van der Waals surface area contributed by atoms with E-state index in [0.717, 1.165) is 31.2 Å². The van der Waals surface area contributed by atoms with Crippen LogP contribution in [0.5, 0.6) is 0 Å². The monoisotopic (exact) mass is 363 g/mol. The van der Waals surface area contributed by atoms with Crippen LogP contribution in [-0.2, 0) is 16.8 Å². The van der Waals surface area contributed by atoms with E-state index in [1.807, 2.05) is 25.7 Å². The van der Waals surface area contributed by atoms with E-state index in [0.29, 0.717) is 19.0 Å². The Balaban J connectivity index is 1.95. The molecule has 1 amide bonds. The van der Waals surface area contributed by atoms with Gasteiger partial charge in [-0.2, -0.15) is 0 Å². The molecule has 2 rings (SSSR count). The fourth-order valence-electron chi connectivity index (χ4n) is 2.83. The molecular formula is C19H33N5O2. The highest BCUT2D eigenvalue weighted by molar-refractivity contribution is 5.81. The number of guanidine groups is 1. The molecule has 1 aliphatic heterocycles. The number of rotatable bonds is 5. The van der Waals surface area contributed by atoms with Gasteiger partial charge in [0.15, 0.2) is 5.96 Å². The Morgan fingerprint density at radius 3 is 2.77 bits per heavy atom. The van der Waals surface area contributed by atoms with E-state index >= 15 is 0 Å². The Morgan fingerprint density at radius 2 is 2.19 bits per heavy atom. The smallest absolute Gasteiger partial charge is 0.225 e. The summed E-state index contributed by atoms with van der Waals surface area (Å²) in [4.78, 5) is 23.0. The lowest BCUT2D eigenvalue weighted by Gasteiger charge is -2.20.